The van der Waals surface area contributed by atoms with Crippen molar-refractivity contribution in [3.63, 3.8) is 0 Å². The first-order valence-electron chi connectivity index (χ1n) is 3.86. The average molecular weight is 175 g/mol. The Balaban J connectivity index is 2.80. The Labute approximate surface area is 76.6 Å². The summed E-state index contributed by atoms with van der Waals surface area (Å²) in [6.07, 6.45) is 1.96. The van der Waals surface area contributed by atoms with Gasteiger partial charge in [-0.1, -0.05) is 12.1 Å². The molecule has 0 atom stereocenters. The molecule has 3 heteroatoms. The van der Waals surface area contributed by atoms with Crippen LogP contribution >= 0.6 is 0 Å². The van der Waals surface area contributed by atoms with E-state index in [1.165, 1.54) is 6.92 Å². The second kappa shape index (κ2) is 4.27. The number of nitriles is 1. The van der Waals surface area contributed by atoms with Crippen LogP contribution in [-0.4, -0.2) is 5.78 Å². The molecule has 1 aromatic rings. The lowest BCUT2D eigenvalue weighted by Gasteiger charge is -1.99. The number of benzene rings is 1. The molecule has 0 aliphatic heterocycles. The van der Waals surface area contributed by atoms with Gasteiger partial charge in [0.2, 0.25) is 0 Å². The summed E-state index contributed by atoms with van der Waals surface area (Å²) in [5.41, 5.74) is 0.861. The van der Waals surface area contributed by atoms with Crippen molar-refractivity contribution in [2.24, 2.45) is 0 Å². The van der Waals surface area contributed by atoms with E-state index in [4.69, 9.17) is 5.26 Å². The molecule has 0 radical (unpaired) electrons. The van der Waals surface area contributed by atoms with Crippen molar-refractivity contribution in [3.05, 3.63) is 29.8 Å². The van der Waals surface area contributed by atoms with E-state index in [1.807, 2.05) is 6.07 Å². The van der Waals surface area contributed by atoms with Gasteiger partial charge in [-0.2, -0.15) is 0 Å². The van der Waals surface area contributed by atoms with Crippen LogP contribution < -0.4 is 4.74 Å². The Hall–Kier alpha value is -1.82. The van der Waals surface area contributed by atoms with Crippen molar-refractivity contribution >= 4 is 5.78 Å². The van der Waals surface area contributed by atoms with Crippen molar-refractivity contribution in [3.8, 4) is 12.0 Å². The van der Waals surface area contributed by atoms with Crippen LogP contribution in [0.25, 0.3) is 0 Å². The van der Waals surface area contributed by atoms with Crippen LogP contribution in [0.1, 0.15) is 12.5 Å². The van der Waals surface area contributed by atoms with E-state index in [9.17, 15) is 4.79 Å². The fourth-order valence-corrected chi connectivity index (χ4v) is 1.06. The van der Waals surface area contributed by atoms with Gasteiger partial charge in [0.15, 0.2) is 0 Å². The maximum atomic E-state index is 10.8. The van der Waals surface area contributed by atoms with E-state index in [0.29, 0.717) is 12.2 Å². The summed E-state index contributed by atoms with van der Waals surface area (Å²) < 4.78 is 4.62. The van der Waals surface area contributed by atoms with Crippen molar-refractivity contribution in [1.82, 2.24) is 0 Å². The molecule has 1 rings (SSSR count). The van der Waals surface area contributed by atoms with Crippen LogP contribution in [0.3, 0.4) is 0 Å². The van der Waals surface area contributed by atoms with Crippen molar-refractivity contribution < 1.29 is 9.53 Å². The highest BCUT2D eigenvalue weighted by Crippen LogP contribution is 2.13. The molecule has 0 N–H and O–H groups in total. The van der Waals surface area contributed by atoms with Crippen molar-refractivity contribution in [2.75, 3.05) is 0 Å². The largest absolute Gasteiger partial charge is 0.388 e. The number of carbonyl (C=O) groups is 1. The summed E-state index contributed by atoms with van der Waals surface area (Å²) in [6.45, 7) is 1.53. The van der Waals surface area contributed by atoms with Gasteiger partial charge in [0, 0.05) is 6.42 Å². The maximum Gasteiger partial charge on any atom is 0.292 e. The number of hydrogen-bond acceptors (Lipinski definition) is 3. The number of carbonyl (C=O) groups excluding carboxylic acids is 1. The third-order valence-electron chi connectivity index (χ3n) is 1.52. The molecule has 13 heavy (non-hydrogen) atoms. The summed E-state index contributed by atoms with van der Waals surface area (Å²) in [6, 6.07) is 6.94. The number of hydrogen-bond donors (Lipinski definition) is 0. The van der Waals surface area contributed by atoms with Crippen molar-refractivity contribution in [2.45, 2.75) is 13.3 Å². The van der Waals surface area contributed by atoms with Gasteiger partial charge < -0.3 is 4.74 Å². The predicted molar refractivity (Wildman–Crippen MR) is 47.1 cm³/mol. The molecule has 0 heterocycles. The third kappa shape index (κ3) is 2.96. The molecule has 0 aliphatic carbocycles. The zero-order chi connectivity index (χ0) is 9.68. The molecule has 0 spiro atoms. The first-order valence-corrected chi connectivity index (χ1v) is 3.86. The van der Waals surface area contributed by atoms with E-state index < -0.39 is 0 Å². The molecular formula is C10H9NO2. The molecule has 0 aliphatic rings. The number of rotatable bonds is 3. The lowest BCUT2D eigenvalue weighted by molar-refractivity contribution is -0.116. The standard InChI is InChI=1S/C10H9NO2/c1-8(12)5-9-3-2-4-10(6-9)13-7-11/h2-4,6H,5H2,1H3. The zero-order valence-corrected chi connectivity index (χ0v) is 7.28. The van der Waals surface area contributed by atoms with E-state index in [-0.39, 0.29) is 5.78 Å². The highest BCUT2D eigenvalue weighted by atomic mass is 16.5. The van der Waals surface area contributed by atoms with E-state index in [0.717, 1.165) is 5.56 Å². The highest BCUT2D eigenvalue weighted by molar-refractivity contribution is 5.78. The normalized spacial score (nSPS) is 8.92. The van der Waals surface area contributed by atoms with Gasteiger partial charge >= 0.3 is 0 Å². The molecule has 0 amide bonds. The van der Waals surface area contributed by atoms with Crippen LogP contribution in [0.5, 0.6) is 5.75 Å². The highest BCUT2D eigenvalue weighted by Gasteiger charge is 1.99. The quantitative estimate of drug-likeness (QED) is 0.656. The zero-order valence-electron chi connectivity index (χ0n) is 7.28. The molecule has 0 saturated carbocycles. The van der Waals surface area contributed by atoms with Crippen LogP contribution in [-0.2, 0) is 11.2 Å². The molecule has 1 aromatic carbocycles. The Morgan fingerprint density at radius 3 is 3.00 bits per heavy atom. The fourth-order valence-electron chi connectivity index (χ4n) is 1.06. The second-order valence-corrected chi connectivity index (χ2v) is 2.72. The lowest BCUT2D eigenvalue weighted by Crippen LogP contribution is -1.96. The van der Waals surface area contributed by atoms with E-state index in [2.05, 4.69) is 4.74 Å². The SMILES string of the molecule is CC(=O)Cc1cccc(OC#N)c1. The molecular weight excluding hydrogens is 166 g/mol. The van der Waals surface area contributed by atoms with Gasteiger partial charge in [0.1, 0.15) is 11.5 Å². The van der Waals surface area contributed by atoms with Crippen LogP contribution in [0.4, 0.5) is 0 Å². The van der Waals surface area contributed by atoms with E-state index in [1.54, 1.807) is 24.5 Å². The molecule has 0 saturated heterocycles. The van der Waals surface area contributed by atoms with E-state index >= 15 is 0 Å². The summed E-state index contributed by atoms with van der Waals surface area (Å²) in [4.78, 5) is 10.8. The summed E-state index contributed by atoms with van der Waals surface area (Å²) in [5.74, 6) is 0.565. The minimum absolute atomic E-state index is 0.0918. The second-order valence-electron chi connectivity index (χ2n) is 2.72. The van der Waals surface area contributed by atoms with Gasteiger partial charge in [-0.3, -0.25) is 4.79 Å². The lowest BCUT2D eigenvalue weighted by atomic mass is 10.1. The Bertz CT molecular complexity index is 352. The Kier molecular flexibility index (Phi) is 3.04. The molecule has 66 valence electrons. The molecule has 0 bridgehead atoms. The number of ether oxygens (including phenoxy) is 1. The maximum absolute atomic E-state index is 10.8. The fraction of sp³-hybridized carbons (Fsp3) is 0.200. The minimum atomic E-state index is 0.0918. The molecule has 0 unspecified atom stereocenters. The van der Waals surface area contributed by atoms with Crippen LogP contribution in [0.15, 0.2) is 24.3 Å². The number of nitrogens with zero attached hydrogens (tertiary/aromatic N) is 1. The summed E-state index contributed by atoms with van der Waals surface area (Å²) >= 11 is 0. The summed E-state index contributed by atoms with van der Waals surface area (Å²) in [7, 11) is 0. The van der Waals surface area contributed by atoms with Gasteiger partial charge in [0.25, 0.3) is 6.26 Å². The molecule has 0 fully saturated rings. The smallest absolute Gasteiger partial charge is 0.292 e. The first-order chi connectivity index (χ1) is 6.22. The van der Waals surface area contributed by atoms with Gasteiger partial charge in [-0.15, -0.1) is 5.26 Å². The third-order valence-corrected chi connectivity index (χ3v) is 1.52. The first kappa shape index (κ1) is 9.27. The predicted octanol–water partition coefficient (Wildman–Crippen LogP) is 1.68. The molecule has 3 nitrogen and oxygen atoms in total. The van der Waals surface area contributed by atoms with Crippen molar-refractivity contribution in [1.29, 1.82) is 5.26 Å². The minimum Gasteiger partial charge on any atom is -0.388 e. The molecule has 0 aromatic heterocycles. The number of ketones is 1. The topological polar surface area (TPSA) is 50.1 Å². The van der Waals surface area contributed by atoms with Gasteiger partial charge in [-0.25, -0.2) is 0 Å². The average Bonchev–Trinajstić information content (AvgIpc) is 2.04. The Morgan fingerprint density at radius 1 is 1.62 bits per heavy atom. The van der Waals surface area contributed by atoms with Gasteiger partial charge in [0.05, 0.1) is 0 Å². The van der Waals surface area contributed by atoms with Gasteiger partial charge in [-0.05, 0) is 24.6 Å². The number of Topliss-reactive ketones (excluding diaryl/α,β-unsaturated/α-hetero) is 1. The summed E-state index contributed by atoms with van der Waals surface area (Å²) in [5, 5.41) is 8.25. The van der Waals surface area contributed by atoms with Crippen LogP contribution in [0.2, 0.25) is 0 Å². The Morgan fingerprint density at radius 2 is 2.38 bits per heavy atom. The van der Waals surface area contributed by atoms with Crippen LogP contribution in [0, 0.1) is 11.5 Å². The monoisotopic (exact) mass is 175 g/mol.